The molecule has 0 nitrogen and oxygen atoms in total. The third-order valence-corrected chi connectivity index (χ3v) is 7.75. The van der Waals surface area contributed by atoms with Gasteiger partial charge in [-0.2, -0.15) is 0 Å². The lowest BCUT2D eigenvalue weighted by Crippen LogP contribution is -2.21. The molecule has 0 atom stereocenters. The summed E-state index contributed by atoms with van der Waals surface area (Å²) in [5.74, 6) is 0. The Morgan fingerprint density at radius 2 is 0.524 bits per heavy atom. The van der Waals surface area contributed by atoms with E-state index in [1.165, 1.54) is 33.4 Å². The molecule has 0 heterocycles. The summed E-state index contributed by atoms with van der Waals surface area (Å²) in [5.41, 5.74) is 10.1. The topological polar surface area (TPSA) is 0 Å². The highest BCUT2D eigenvalue weighted by atomic mass is 14.3. The van der Waals surface area contributed by atoms with Crippen molar-refractivity contribution >= 4 is 0 Å². The molecule has 0 aliphatic rings. The molecule has 0 heteroatoms. The summed E-state index contributed by atoms with van der Waals surface area (Å²) in [6, 6.07) is 26.7. The van der Waals surface area contributed by atoms with Crippen LogP contribution in [0.25, 0.3) is 0 Å². The average molecular weight is 571 g/mol. The van der Waals surface area contributed by atoms with Gasteiger partial charge in [-0.25, -0.2) is 0 Å². The second-order valence-electron chi connectivity index (χ2n) is 18.2. The number of hydrogen-bond acceptors (Lipinski definition) is 0. The van der Waals surface area contributed by atoms with Crippen molar-refractivity contribution in [2.45, 2.75) is 157 Å². The van der Waals surface area contributed by atoms with Crippen LogP contribution in [-0.2, 0) is 32.5 Å². The maximum absolute atomic E-state index is 2.33. The Hall–Kier alpha value is -2.34. The van der Waals surface area contributed by atoms with E-state index in [-0.39, 0.29) is 32.5 Å². The lowest BCUT2D eigenvalue weighted by molar-refractivity contribution is 0.530. The van der Waals surface area contributed by atoms with E-state index in [1.54, 1.807) is 0 Å². The molecule has 0 saturated carbocycles. The van der Waals surface area contributed by atoms with Crippen LogP contribution >= 0.6 is 0 Å². The molecule has 0 aromatic heterocycles. The zero-order valence-corrected chi connectivity index (χ0v) is 30.9. The summed E-state index contributed by atoms with van der Waals surface area (Å²) in [6.45, 7) is 40.7. The van der Waals surface area contributed by atoms with E-state index in [4.69, 9.17) is 0 Å². The van der Waals surface area contributed by atoms with Crippen molar-refractivity contribution in [3.05, 3.63) is 106 Å². The van der Waals surface area contributed by atoms with E-state index >= 15 is 0 Å². The van der Waals surface area contributed by atoms with Crippen molar-refractivity contribution < 1.29 is 0 Å². The Morgan fingerprint density at radius 1 is 0.262 bits per heavy atom. The first-order valence-corrected chi connectivity index (χ1v) is 16.0. The largest absolute Gasteiger partial charge is 0.0620 e. The molecular formula is C42H66. The minimum absolute atomic E-state index is 0.240. The molecule has 3 aromatic carbocycles. The molecule has 0 N–H and O–H groups in total. The maximum Gasteiger partial charge on any atom is -0.0129 e. The van der Waals surface area contributed by atoms with Gasteiger partial charge in [-0.1, -0.05) is 197 Å². The zero-order valence-electron chi connectivity index (χ0n) is 30.9. The Kier molecular flexibility index (Phi) is 12.1. The van der Waals surface area contributed by atoms with Crippen molar-refractivity contribution in [1.82, 2.24) is 0 Å². The van der Waals surface area contributed by atoms with Gasteiger partial charge in [0.2, 0.25) is 0 Å². The van der Waals surface area contributed by atoms with Crippen LogP contribution in [0.5, 0.6) is 0 Å². The average Bonchev–Trinajstić information content (AvgIpc) is 2.82. The van der Waals surface area contributed by atoms with Gasteiger partial charge >= 0.3 is 0 Å². The Labute approximate surface area is 262 Å². The van der Waals surface area contributed by atoms with Crippen LogP contribution in [0.1, 0.15) is 158 Å². The Morgan fingerprint density at radius 3 is 0.738 bits per heavy atom. The molecule has 0 aliphatic heterocycles. The van der Waals surface area contributed by atoms with E-state index in [9.17, 15) is 0 Å². The molecule has 0 saturated heterocycles. The molecular weight excluding hydrogens is 504 g/mol. The molecule has 3 aromatic rings. The summed E-state index contributed by atoms with van der Waals surface area (Å²) in [6.07, 6.45) is 0. The maximum atomic E-state index is 2.33. The van der Waals surface area contributed by atoms with E-state index < -0.39 is 0 Å². The van der Waals surface area contributed by atoms with E-state index in [2.05, 4.69) is 197 Å². The summed E-state index contributed by atoms with van der Waals surface area (Å²) in [5, 5.41) is 0. The van der Waals surface area contributed by atoms with Gasteiger partial charge in [0.05, 0.1) is 0 Å². The lowest BCUT2D eigenvalue weighted by atomic mass is 9.75. The standard InChI is InChI=1S/3C14H22/c1-13(2,3)11-7-9-12(10-8-11)14(4,5)6;1-13(2,3)11-8-7-9-12(10-11)14(4,5)6;1-13(2,3)11-9-7-8-10-12(11)14(4,5)6/h3*7-10H,1-6H3. The summed E-state index contributed by atoms with van der Waals surface area (Å²) >= 11 is 0. The van der Waals surface area contributed by atoms with Gasteiger partial charge in [-0.15, -0.1) is 0 Å². The SMILES string of the molecule is CC(C)(C)c1ccc(C(C)(C)C)cc1.CC(C)(C)c1cccc(C(C)(C)C)c1.CC(C)(C)c1ccccc1C(C)(C)C. The molecule has 3 rings (SSSR count). The van der Waals surface area contributed by atoms with Crippen LogP contribution in [0.4, 0.5) is 0 Å². The van der Waals surface area contributed by atoms with Crippen molar-refractivity contribution in [2.24, 2.45) is 0 Å². The van der Waals surface area contributed by atoms with Crippen LogP contribution in [0.3, 0.4) is 0 Å². The van der Waals surface area contributed by atoms with Crippen molar-refractivity contribution in [3.63, 3.8) is 0 Å². The van der Waals surface area contributed by atoms with Crippen LogP contribution in [0.15, 0.2) is 72.8 Å². The minimum atomic E-state index is 0.240. The van der Waals surface area contributed by atoms with Crippen LogP contribution in [0, 0.1) is 0 Å². The normalized spacial score (nSPS) is 13.0. The molecule has 0 aliphatic carbocycles. The van der Waals surface area contributed by atoms with Crippen molar-refractivity contribution in [1.29, 1.82) is 0 Å². The van der Waals surface area contributed by atoms with E-state index in [0.29, 0.717) is 0 Å². The first kappa shape index (κ1) is 37.7. The molecule has 0 fully saturated rings. The third kappa shape index (κ3) is 12.1. The Balaban J connectivity index is 0.000000315. The number of rotatable bonds is 0. The fourth-order valence-corrected chi connectivity index (χ4v) is 4.71. The third-order valence-electron chi connectivity index (χ3n) is 7.75. The fourth-order valence-electron chi connectivity index (χ4n) is 4.71. The summed E-state index contributed by atoms with van der Waals surface area (Å²) in [4.78, 5) is 0. The van der Waals surface area contributed by atoms with Gasteiger partial charge in [0, 0.05) is 0 Å². The smallest absolute Gasteiger partial charge is 0.0129 e. The number of hydrogen-bond donors (Lipinski definition) is 0. The van der Waals surface area contributed by atoms with Crippen molar-refractivity contribution in [3.8, 4) is 0 Å². The molecule has 0 radical (unpaired) electrons. The molecule has 234 valence electrons. The fraction of sp³-hybridized carbons (Fsp3) is 0.571. The van der Waals surface area contributed by atoms with E-state index in [0.717, 1.165) is 0 Å². The minimum Gasteiger partial charge on any atom is -0.0620 e. The highest BCUT2D eigenvalue weighted by Crippen LogP contribution is 2.33. The van der Waals surface area contributed by atoms with Gasteiger partial charge < -0.3 is 0 Å². The molecule has 0 bridgehead atoms. The predicted octanol–water partition coefficient (Wildman–Crippen LogP) is 12.8. The van der Waals surface area contributed by atoms with Gasteiger partial charge in [0.15, 0.2) is 0 Å². The second kappa shape index (κ2) is 13.5. The molecule has 42 heavy (non-hydrogen) atoms. The van der Waals surface area contributed by atoms with Gasteiger partial charge in [0.1, 0.15) is 0 Å². The molecule has 0 unspecified atom stereocenters. The van der Waals surface area contributed by atoms with Gasteiger partial charge in [-0.05, 0) is 65.9 Å². The lowest BCUT2D eigenvalue weighted by Gasteiger charge is -2.29. The van der Waals surface area contributed by atoms with Crippen molar-refractivity contribution in [2.75, 3.05) is 0 Å². The second-order valence-corrected chi connectivity index (χ2v) is 18.2. The monoisotopic (exact) mass is 571 g/mol. The quantitative estimate of drug-likeness (QED) is 0.252. The molecule has 0 amide bonds. The predicted molar refractivity (Wildman–Crippen MR) is 192 cm³/mol. The zero-order chi connectivity index (χ0) is 32.9. The van der Waals surface area contributed by atoms with Crippen LogP contribution in [0.2, 0.25) is 0 Å². The van der Waals surface area contributed by atoms with E-state index in [1.807, 2.05) is 0 Å². The van der Waals surface area contributed by atoms with Crippen LogP contribution in [-0.4, -0.2) is 0 Å². The Bertz CT molecular complexity index is 1130. The first-order valence-electron chi connectivity index (χ1n) is 16.0. The van der Waals surface area contributed by atoms with Gasteiger partial charge in [0.25, 0.3) is 0 Å². The first-order chi connectivity index (χ1) is 18.6. The number of benzene rings is 3. The summed E-state index contributed by atoms with van der Waals surface area (Å²) < 4.78 is 0. The van der Waals surface area contributed by atoms with Crippen LogP contribution < -0.4 is 0 Å². The summed E-state index contributed by atoms with van der Waals surface area (Å²) in [7, 11) is 0. The van der Waals surface area contributed by atoms with Gasteiger partial charge in [-0.3, -0.25) is 0 Å². The highest BCUT2D eigenvalue weighted by Gasteiger charge is 2.24. The highest BCUT2D eigenvalue weighted by molar-refractivity contribution is 5.37. The molecule has 0 spiro atoms.